The Morgan fingerprint density at radius 1 is 1.08 bits per heavy atom. The molecule has 0 N–H and O–H groups in total. The summed E-state index contributed by atoms with van der Waals surface area (Å²) in [6, 6.07) is 4.00. The van der Waals surface area contributed by atoms with E-state index in [1.165, 1.54) is 16.4 Å². The molecule has 0 heterocycles. The van der Waals surface area contributed by atoms with Gasteiger partial charge in [-0.05, 0) is 12.1 Å². The Kier molecular flexibility index (Phi) is 8.93. The molecule has 1 rings (SSSR count). The first kappa shape index (κ1) is 22.3. The van der Waals surface area contributed by atoms with Gasteiger partial charge >= 0.3 is 0 Å². The number of methoxy groups -OCH3 is 2. The fourth-order valence-electron chi connectivity index (χ4n) is 2.55. The van der Waals surface area contributed by atoms with Crippen molar-refractivity contribution in [2.75, 3.05) is 58.5 Å². The third-order valence-corrected chi connectivity index (χ3v) is 6.00. The number of anilines is 1. The van der Waals surface area contributed by atoms with Crippen LogP contribution in [0.3, 0.4) is 0 Å². The number of rotatable bonds is 12. The number of hydrogen-bond donors (Lipinski definition) is 0. The smallest absolute Gasteiger partial charge is 0.293 e. The van der Waals surface area contributed by atoms with Gasteiger partial charge in [0.25, 0.3) is 5.69 Å². The molecule has 0 aliphatic heterocycles. The molecule has 26 heavy (non-hydrogen) atoms. The van der Waals surface area contributed by atoms with E-state index in [4.69, 9.17) is 9.47 Å². The Balaban J connectivity index is 3.36. The summed E-state index contributed by atoms with van der Waals surface area (Å²) in [5.41, 5.74) is 0.0769. The largest absolute Gasteiger partial charge is 0.383 e. The van der Waals surface area contributed by atoms with E-state index in [2.05, 4.69) is 0 Å². The average molecular weight is 389 g/mol. The van der Waals surface area contributed by atoms with Crippen molar-refractivity contribution < 1.29 is 22.8 Å². The Labute approximate surface area is 154 Å². The van der Waals surface area contributed by atoms with Crippen molar-refractivity contribution in [1.82, 2.24) is 4.31 Å². The number of nitro benzene ring substituents is 1. The minimum Gasteiger partial charge on any atom is -0.383 e. The predicted molar refractivity (Wildman–Crippen MR) is 99.2 cm³/mol. The molecule has 9 nitrogen and oxygen atoms in total. The molecule has 0 saturated heterocycles. The topological polar surface area (TPSA) is 102 Å². The monoisotopic (exact) mass is 389 g/mol. The minimum absolute atomic E-state index is 0.0879. The first-order valence-corrected chi connectivity index (χ1v) is 9.78. The highest BCUT2D eigenvalue weighted by Gasteiger charge is 2.27. The van der Waals surface area contributed by atoms with Crippen LogP contribution in [0.25, 0.3) is 0 Å². The van der Waals surface area contributed by atoms with E-state index >= 15 is 0 Å². The number of nitro groups is 1. The van der Waals surface area contributed by atoms with Gasteiger partial charge in [-0.25, -0.2) is 8.42 Å². The van der Waals surface area contributed by atoms with E-state index in [0.29, 0.717) is 45.1 Å². The molecule has 1 aromatic rings. The number of sulfonamides is 1. The van der Waals surface area contributed by atoms with Gasteiger partial charge in [0.15, 0.2) is 0 Å². The van der Waals surface area contributed by atoms with Crippen LogP contribution in [0.4, 0.5) is 11.4 Å². The van der Waals surface area contributed by atoms with Gasteiger partial charge in [0.05, 0.1) is 23.0 Å². The third kappa shape index (κ3) is 5.37. The average Bonchev–Trinajstić information content (AvgIpc) is 2.62. The van der Waals surface area contributed by atoms with E-state index < -0.39 is 14.9 Å². The zero-order chi connectivity index (χ0) is 19.7. The highest BCUT2D eigenvalue weighted by atomic mass is 32.2. The molecular weight excluding hydrogens is 362 g/mol. The van der Waals surface area contributed by atoms with Crippen LogP contribution in [0.15, 0.2) is 23.1 Å². The predicted octanol–water partition coefficient (Wildman–Crippen LogP) is 1.72. The summed E-state index contributed by atoms with van der Waals surface area (Å²) in [5.74, 6) is 0. The number of ether oxygens (including phenoxy) is 2. The Morgan fingerprint density at radius 3 is 2.04 bits per heavy atom. The zero-order valence-corrected chi connectivity index (χ0v) is 16.5. The maximum absolute atomic E-state index is 12.6. The quantitative estimate of drug-likeness (QED) is 0.396. The van der Waals surface area contributed by atoms with Crippen LogP contribution >= 0.6 is 0 Å². The van der Waals surface area contributed by atoms with Crippen LogP contribution < -0.4 is 4.90 Å². The maximum atomic E-state index is 12.6. The van der Waals surface area contributed by atoms with Crippen molar-refractivity contribution in [1.29, 1.82) is 0 Å². The van der Waals surface area contributed by atoms with Gasteiger partial charge in [-0.3, -0.25) is 10.1 Å². The fourth-order valence-corrected chi connectivity index (χ4v) is 4.02. The summed E-state index contributed by atoms with van der Waals surface area (Å²) in [4.78, 5) is 12.7. The Bertz CT molecular complexity index is 683. The Morgan fingerprint density at radius 2 is 1.62 bits per heavy atom. The molecule has 148 valence electrons. The van der Waals surface area contributed by atoms with Crippen molar-refractivity contribution in [3.8, 4) is 0 Å². The van der Waals surface area contributed by atoms with Gasteiger partial charge in [-0.15, -0.1) is 0 Å². The van der Waals surface area contributed by atoms with Gasteiger partial charge < -0.3 is 14.4 Å². The van der Waals surface area contributed by atoms with Crippen LogP contribution in [0.1, 0.15) is 13.8 Å². The molecule has 0 spiro atoms. The van der Waals surface area contributed by atoms with Crippen LogP contribution in [-0.4, -0.2) is 71.3 Å². The molecule has 10 heteroatoms. The van der Waals surface area contributed by atoms with Gasteiger partial charge in [-0.1, -0.05) is 13.8 Å². The SMILES string of the molecule is CCN(CC)S(=O)(=O)c1ccc(N(CCOC)CCOC)c([N+](=O)[O-])c1. The molecule has 0 amide bonds. The number of hydrogen-bond acceptors (Lipinski definition) is 7. The molecular formula is C16H27N3O6S. The molecule has 0 aliphatic carbocycles. The lowest BCUT2D eigenvalue weighted by Crippen LogP contribution is -2.32. The highest BCUT2D eigenvalue weighted by Crippen LogP contribution is 2.31. The van der Waals surface area contributed by atoms with Gasteiger partial charge in [0, 0.05) is 46.5 Å². The van der Waals surface area contributed by atoms with Crippen molar-refractivity contribution in [2.45, 2.75) is 18.7 Å². The molecule has 1 aromatic carbocycles. The molecule has 0 atom stereocenters. The van der Waals surface area contributed by atoms with E-state index in [1.807, 2.05) is 0 Å². The minimum atomic E-state index is -3.77. The molecule has 0 saturated carbocycles. The summed E-state index contributed by atoms with van der Waals surface area (Å²) in [6.45, 7) is 5.62. The fraction of sp³-hybridized carbons (Fsp3) is 0.625. The maximum Gasteiger partial charge on any atom is 0.293 e. The van der Waals surface area contributed by atoms with Crippen molar-refractivity contribution in [2.24, 2.45) is 0 Å². The third-order valence-electron chi connectivity index (χ3n) is 3.96. The summed E-state index contributed by atoms with van der Waals surface area (Å²) in [7, 11) is -0.684. The van der Waals surface area contributed by atoms with E-state index in [0.717, 1.165) is 6.07 Å². The van der Waals surface area contributed by atoms with Crippen molar-refractivity contribution in [3.63, 3.8) is 0 Å². The van der Waals surface area contributed by atoms with Gasteiger partial charge in [0.2, 0.25) is 10.0 Å². The lowest BCUT2D eigenvalue weighted by molar-refractivity contribution is -0.384. The zero-order valence-electron chi connectivity index (χ0n) is 15.7. The lowest BCUT2D eigenvalue weighted by Gasteiger charge is -2.24. The highest BCUT2D eigenvalue weighted by molar-refractivity contribution is 7.89. The van der Waals surface area contributed by atoms with Crippen molar-refractivity contribution >= 4 is 21.4 Å². The summed E-state index contributed by atoms with van der Waals surface area (Å²) >= 11 is 0. The molecule has 0 bridgehead atoms. The molecule has 0 radical (unpaired) electrons. The Hall–Kier alpha value is -1.75. The second kappa shape index (κ2) is 10.4. The molecule has 0 aromatic heterocycles. The first-order chi connectivity index (χ1) is 12.3. The second-order valence-corrected chi connectivity index (χ2v) is 7.41. The van der Waals surface area contributed by atoms with E-state index in [-0.39, 0.29) is 10.6 Å². The van der Waals surface area contributed by atoms with Crippen LogP contribution in [0.5, 0.6) is 0 Å². The van der Waals surface area contributed by atoms with Crippen LogP contribution in [0.2, 0.25) is 0 Å². The summed E-state index contributed by atoms with van der Waals surface area (Å²) < 4.78 is 36.7. The summed E-state index contributed by atoms with van der Waals surface area (Å²) in [5, 5.41) is 11.6. The second-order valence-electron chi connectivity index (χ2n) is 5.47. The normalized spacial score (nSPS) is 11.7. The molecule has 0 unspecified atom stereocenters. The van der Waals surface area contributed by atoms with Crippen LogP contribution in [0, 0.1) is 10.1 Å². The van der Waals surface area contributed by atoms with Crippen molar-refractivity contribution in [3.05, 3.63) is 28.3 Å². The summed E-state index contributed by atoms with van der Waals surface area (Å²) in [6.07, 6.45) is 0. The number of nitrogens with zero attached hydrogens (tertiary/aromatic N) is 3. The molecule has 0 aliphatic rings. The van der Waals surface area contributed by atoms with Gasteiger partial charge in [0.1, 0.15) is 5.69 Å². The van der Waals surface area contributed by atoms with Crippen LogP contribution in [-0.2, 0) is 19.5 Å². The van der Waals surface area contributed by atoms with Gasteiger partial charge in [-0.2, -0.15) is 4.31 Å². The first-order valence-electron chi connectivity index (χ1n) is 8.34. The van der Waals surface area contributed by atoms with E-state index in [1.54, 1.807) is 33.0 Å². The number of benzene rings is 1. The molecule has 0 fully saturated rings. The van der Waals surface area contributed by atoms with E-state index in [9.17, 15) is 18.5 Å². The lowest BCUT2D eigenvalue weighted by atomic mass is 10.2. The standard InChI is InChI=1S/C16H27N3O6S/c1-5-18(6-2)26(22,23)14-7-8-15(16(13-14)19(20)21)17(9-11-24-3)10-12-25-4/h7-8,13H,5-6,9-12H2,1-4H3.